The van der Waals surface area contributed by atoms with E-state index < -0.39 is 0 Å². The second-order valence-electron chi connectivity index (χ2n) is 4.76. The van der Waals surface area contributed by atoms with Crippen molar-refractivity contribution < 1.29 is 4.79 Å². The van der Waals surface area contributed by atoms with Gasteiger partial charge in [0.05, 0.1) is 0 Å². The molecule has 2 fully saturated rings. The van der Waals surface area contributed by atoms with Gasteiger partial charge >= 0.3 is 0 Å². The van der Waals surface area contributed by atoms with E-state index in [1.807, 2.05) is 12.1 Å². The standard InChI is InChI=1S/C13H14ClNO/c14-9-3-1-2-8(6-9)13(16)11-7-10-4-5-12(11)15-10/h1-3,6,10-12,15H,4-5,7H2. The topological polar surface area (TPSA) is 29.1 Å². The van der Waals surface area contributed by atoms with E-state index >= 15 is 0 Å². The first-order valence-electron chi connectivity index (χ1n) is 5.80. The normalized spacial score (nSPS) is 31.9. The summed E-state index contributed by atoms with van der Waals surface area (Å²) in [5.74, 6) is 0.416. The molecule has 0 saturated carbocycles. The summed E-state index contributed by atoms with van der Waals surface area (Å²) in [6, 6.07) is 8.25. The second kappa shape index (κ2) is 3.86. The quantitative estimate of drug-likeness (QED) is 0.799. The molecule has 0 spiro atoms. The number of ketones is 1. The summed E-state index contributed by atoms with van der Waals surface area (Å²) < 4.78 is 0. The van der Waals surface area contributed by atoms with Crippen molar-refractivity contribution in [2.24, 2.45) is 5.92 Å². The summed E-state index contributed by atoms with van der Waals surface area (Å²) >= 11 is 5.91. The molecule has 2 heterocycles. The third-order valence-electron chi connectivity index (χ3n) is 3.75. The van der Waals surface area contributed by atoms with Crippen LogP contribution in [0.25, 0.3) is 0 Å². The third kappa shape index (κ3) is 1.66. The maximum atomic E-state index is 12.3. The Morgan fingerprint density at radius 2 is 2.25 bits per heavy atom. The highest BCUT2D eigenvalue weighted by Crippen LogP contribution is 2.35. The van der Waals surface area contributed by atoms with Gasteiger partial charge in [0, 0.05) is 28.6 Å². The van der Waals surface area contributed by atoms with Gasteiger partial charge in [0.2, 0.25) is 0 Å². The Kier molecular flexibility index (Phi) is 2.49. The minimum absolute atomic E-state index is 0.164. The van der Waals surface area contributed by atoms with E-state index in [1.54, 1.807) is 12.1 Å². The highest BCUT2D eigenvalue weighted by atomic mass is 35.5. The molecule has 0 amide bonds. The summed E-state index contributed by atoms with van der Waals surface area (Å²) in [6.45, 7) is 0. The van der Waals surface area contributed by atoms with Crippen molar-refractivity contribution >= 4 is 17.4 Å². The number of rotatable bonds is 2. The molecule has 2 saturated heterocycles. The molecule has 16 heavy (non-hydrogen) atoms. The molecule has 3 heteroatoms. The molecule has 0 radical (unpaired) electrons. The van der Waals surface area contributed by atoms with Crippen LogP contribution in [0.3, 0.4) is 0 Å². The Balaban J connectivity index is 1.83. The van der Waals surface area contributed by atoms with Crippen LogP contribution in [0.15, 0.2) is 24.3 Å². The SMILES string of the molecule is O=C(c1cccc(Cl)c1)C1CC2CCC1N2. The Hall–Kier alpha value is -0.860. The van der Waals surface area contributed by atoms with Crippen LogP contribution in [0.2, 0.25) is 5.02 Å². The number of carbonyl (C=O) groups is 1. The lowest BCUT2D eigenvalue weighted by molar-refractivity contribution is 0.0901. The third-order valence-corrected chi connectivity index (χ3v) is 3.98. The predicted molar refractivity (Wildman–Crippen MR) is 63.8 cm³/mol. The zero-order valence-corrected chi connectivity index (χ0v) is 9.70. The van der Waals surface area contributed by atoms with Crippen molar-refractivity contribution in [3.05, 3.63) is 34.9 Å². The molecule has 84 valence electrons. The van der Waals surface area contributed by atoms with Gasteiger partial charge in [-0.25, -0.2) is 0 Å². The highest BCUT2D eigenvalue weighted by Gasteiger charge is 2.42. The summed E-state index contributed by atoms with van der Waals surface area (Å²) in [5, 5.41) is 4.13. The number of hydrogen-bond acceptors (Lipinski definition) is 2. The number of fused-ring (bicyclic) bond motifs is 2. The van der Waals surface area contributed by atoms with E-state index in [9.17, 15) is 4.79 Å². The van der Waals surface area contributed by atoms with Crippen molar-refractivity contribution in [2.75, 3.05) is 0 Å². The Bertz CT molecular complexity index is 432. The van der Waals surface area contributed by atoms with Crippen LogP contribution in [0.1, 0.15) is 29.6 Å². The average molecular weight is 236 g/mol. The first-order valence-corrected chi connectivity index (χ1v) is 6.17. The molecule has 0 aliphatic carbocycles. The van der Waals surface area contributed by atoms with Crippen LogP contribution < -0.4 is 5.32 Å². The van der Waals surface area contributed by atoms with Crippen LogP contribution in [-0.2, 0) is 0 Å². The molecule has 2 aliphatic rings. The molecular weight excluding hydrogens is 222 g/mol. The monoisotopic (exact) mass is 235 g/mol. The fourth-order valence-corrected chi connectivity index (χ4v) is 3.16. The molecule has 3 rings (SSSR count). The van der Waals surface area contributed by atoms with Gasteiger partial charge in [0.15, 0.2) is 5.78 Å². The Labute approximate surface area is 100.0 Å². The van der Waals surface area contributed by atoms with Crippen molar-refractivity contribution in [3.63, 3.8) is 0 Å². The number of Topliss-reactive ketones (excluding diaryl/α,β-unsaturated/α-hetero) is 1. The minimum atomic E-state index is 0.164. The van der Waals surface area contributed by atoms with Gasteiger partial charge in [-0.05, 0) is 31.4 Å². The zero-order valence-electron chi connectivity index (χ0n) is 8.95. The lowest BCUT2D eigenvalue weighted by atomic mass is 9.84. The van der Waals surface area contributed by atoms with Crippen molar-refractivity contribution in [1.82, 2.24) is 5.32 Å². The van der Waals surface area contributed by atoms with Crippen LogP contribution in [0.4, 0.5) is 0 Å². The summed E-state index contributed by atoms with van der Waals surface area (Å²) in [7, 11) is 0. The number of carbonyl (C=O) groups excluding carboxylic acids is 1. The maximum Gasteiger partial charge on any atom is 0.167 e. The molecule has 3 atom stereocenters. The lowest BCUT2D eigenvalue weighted by Gasteiger charge is -2.18. The van der Waals surface area contributed by atoms with Crippen LogP contribution in [-0.4, -0.2) is 17.9 Å². The highest BCUT2D eigenvalue weighted by molar-refractivity contribution is 6.31. The predicted octanol–water partition coefficient (Wildman–Crippen LogP) is 2.66. The minimum Gasteiger partial charge on any atom is -0.310 e. The largest absolute Gasteiger partial charge is 0.310 e. The molecular formula is C13H14ClNO. The van der Waals surface area contributed by atoms with Crippen molar-refractivity contribution in [3.8, 4) is 0 Å². The lowest BCUT2D eigenvalue weighted by Crippen LogP contribution is -2.28. The molecule has 1 aromatic rings. The fraction of sp³-hybridized carbons (Fsp3) is 0.462. The van der Waals surface area contributed by atoms with E-state index in [0.717, 1.165) is 18.4 Å². The maximum absolute atomic E-state index is 12.3. The van der Waals surface area contributed by atoms with E-state index in [-0.39, 0.29) is 11.7 Å². The van der Waals surface area contributed by atoms with E-state index in [0.29, 0.717) is 17.1 Å². The van der Waals surface area contributed by atoms with Crippen molar-refractivity contribution in [2.45, 2.75) is 31.3 Å². The number of benzene rings is 1. The van der Waals surface area contributed by atoms with Crippen LogP contribution in [0.5, 0.6) is 0 Å². The fourth-order valence-electron chi connectivity index (χ4n) is 2.97. The summed E-state index contributed by atoms with van der Waals surface area (Å²) in [4.78, 5) is 12.3. The smallest absolute Gasteiger partial charge is 0.167 e. The first-order chi connectivity index (χ1) is 7.74. The number of hydrogen-bond donors (Lipinski definition) is 1. The zero-order chi connectivity index (χ0) is 11.1. The Morgan fingerprint density at radius 3 is 2.88 bits per heavy atom. The van der Waals surface area contributed by atoms with Crippen LogP contribution >= 0.6 is 11.6 Å². The van der Waals surface area contributed by atoms with Gasteiger partial charge in [-0.1, -0.05) is 23.7 Å². The van der Waals surface area contributed by atoms with Crippen molar-refractivity contribution in [1.29, 1.82) is 0 Å². The van der Waals surface area contributed by atoms with E-state index in [4.69, 9.17) is 11.6 Å². The second-order valence-corrected chi connectivity index (χ2v) is 5.20. The van der Waals surface area contributed by atoms with E-state index in [1.165, 1.54) is 6.42 Å². The molecule has 1 N–H and O–H groups in total. The van der Waals surface area contributed by atoms with Crippen LogP contribution in [0, 0.1) is 5.92 Å². The first kappa shape index (κ1) is 10.3. The number of nitrogens with one attached hydrogen (secondary N) is 1. The molecule has 2 bridgehead atoms. The summed E-state index contributed by atoms with van der Waals surface area (Å²) in [5.41, 5.74) is 0.756. The summed E-state index contributed by atoms with van der Waals surface area (Å²) in [6.07, 6.45) is 3.36. The van der Waals surface area contributed by atoms with Gasteiger partial charge in [-0.2, -0.15) is 0 Å². The molecule has 2 nitrogen and oxygen atoms in total. The van der Waals surface area contributed by atoms with Gasteiger partial charge in [0.1, 0.15) is 0 Å². The Morgan fingerprint density at radius 1 is 1.38 bits per heavy atom. The van der Waals surface area contributed by atoms with Gasteiger partial charge in [-0.3, -0.25) is 4.79 Å². The molecule has 1 aromatic carbocycles. The number of halogens is 1. The average Bonchev–Trinajstić information content (AvgIpc) is 2.89. The molecule has 2 aliphatic heterocycles. The van der Waals surface area contributed by atoms with Gasteiger partial charge in [0.25, 0.3) is 0 Å². The van der Waals surface area contributed by atoms with E-state index in [2.05, 4.69) is 5.32 Å². The molecule has 0 aromatic heterocycles. The van der Waals surface area contributed by atoms with Gasteiger partial charge < -0.3 is 5.32 Å². The molecule has 3 unspecified atom stereocenters. The van der Waals surface area contributed by atoms with Gasteiger partial charge in [-0.15, -0.1) is 0 Å².